The molecular weight excluding hydrogens is 240 g/mol. The Morgan fingerprint density at radius 2 is 2.05 bits per heavy atom. The number of piperazine rings is 1. The van der Waals surface area contributed by atoms with Crippen LogP contribution in [0.4, 0.5) is 5.69 Å². The molecule has 19 heavy (non-hydrogen) atoms. The van der Waals surface area contributed by atoms with Crippen molar-refractivity contribution in [1.82, 2.24) is 4.90 Å². The zero-order valence-electron chi connectivity index (χ0n) is 12.1. The summed E-state index contributed by atoms with van der Waals surface area (Å²) in [6.45, 7) is 6.69. The van der Waals surface area contributed by atoms with E-state index in [-0.39, 0.29) is 18.6 Å². The molecular formula is C15H22N2O2. The number of rotatable bonds is 2. The molecule has 104 valence electrons. The van der Waals surface area contributed by atoms with Crippen LogP contribution in [0.3, 0.4) is 0 Å². The smallest absolute Gasteiger partial charge is 0.246 e. The van der Waals surface area contributed by atoms with E-state index in [0.717, 1.165) is 11.3 Å². The molecule has 1 aromatic rings. The van der Waals surface area contributed by atoms with Crippen molar-refractivity contribution < 1.29 is 9.90 Å². The van der Waals surface area contributed by atoms with Gasteiger partial charge in [0.25, 0.3) is 0 Å². The van der Waals surface area contributed by atoms with E-state index < -0.39 is 6.04 Å². The van der Waals surface area contributed by atoms with Crippen molar-refractivity contribution in [3.05, 3.63) is 29.3 Å². The van der Waals surface area contributed by atoms with Gasteiger partial charge in [0, 0.05) is 18.3 Å². The second-order valence-corrected chi connectivity index (χ2v) is 5.38. The average molecular weight is 262 g/mol. The van der Waals surface area contributed by atoms with Crippen LogP contribution < -0.4 is 4.90 Å². The van der Waals surface area contributed by atoms with Crippen molar-refractivity contribution in [2.24, 2.45) is 0 Å². The minimum Gasteiger partial charge on any atom is -0.394 e. The fourth-order valence-corrected chi connectivity index (χ4v) is 2.60. The lowest BCUT2D eigenvalue weighted by Gasteiger charge is -2.42. The maximum Gasteiger partial charge on any atom is 0.246 e. The van der Waals surface area contributed by atoms with Gasteiger partial charge in [-0.1, -0.05) is 12.1 Å². The Hall–Kier alpha value is -1.39. The van der Waals surface area contributed by atoms with E-state index in [0.29, 0.717) is 6.54 Å². The summed E-state index contributed by atoms with van der Waals surface area (Å²) in [5.74, 6) is -0.0169. The average Bonchev–Trinajstić information content (AvgIpc) is 2.38. The number of anilines is 1. The van der Waals surface area contributed by atoms with Crippen LogP contribution in [0.2, 0.25) is 0 Å². The lowest BCUT2D eigenvalue weighted by Crippen LogP contribution is -2.61. The first-order chi connectivity index (χ1) is 8.97. The summed E-state index contributed by atoms with van der Waals surface area (Å²) in [4.78, 5) is 16.3. The molecule has 2 unspecified atom stereocenters. The van der Waals surface area contributed by atoms with Gasteiger partial charge < -0.3 is 10.0 Å². The topological polar surface area (TPSA) is 43.8 Å². The van der Waals surface area contributed by atoms with Gasteiger partial charge in [0.05, 0.1) is 6.61 Å². The SMILES string of the molecule is Cc1cccc(N2CC(C)N(C)C(CO)C2=O)c1C. The van der Waals surface area contributed by atoms with Crippen molar-refractivity contribution in [3.63, 3.8) is 0 Å². The number of carbonyl (C=O) groups is 1. The minimum atomic E-state index is -0.441. The predicted octanol–water partition coefficient (Wildman–Crippen LogP) is 1.33. The highest BCUT2D eigenvalue weighted by atomic mass is 16.3. The fraction of sp³-hybridized carbons (Fsp3) is 0.533. The molecule has 0 saturated carbocycles. The number of aliphatic hydroxyl groups is 1. The second kappa shape index (κ2) is 5.31. The summed E-state index contributed by atoms with van der Waals surface area (Å²) in [5, 5.41) is 9.45. The van der Waals surface area contributed by atoms with Crippen molar-refractivity contribution in [2.45, 2.75) is 32.9 Å². The number of amides is 1. The van der Waals surface area contributed by atoms with Crippen LogP contribution in [0.1, 0.15) is 18.1 Å². The predicted molar refractivity (Wildman–Crippen MR) is 76.4 cm³/mol. The van der Waals surface area contributed by atoms with E-state index in [1.807, 2.05) is 48.9 Å². The molecule has 2 rings (SSSR count). The van der Waals surface area contributed by atoms with Gasteiger partial charge in [0.2, 0.25) is 5.91 Å². The van der Waals surface area contributed by atoms with Gasteiger partial charge in [-0.05, 0) is 45.0 Å². The molecule has 4 heteroatoms. The summed E-state index contributed by atoms with van der Waals surface area (Å²) in [6.07, 6.45) is 0. The molecule has 1 aliphatic rings. The number of aryl methyl sites for hydroxylation is 1. The first kappa shape index (κ1) is 14.0. The van der Waals surface area contributed by atoms with Gasteiger partial charge >= 0.3 is 0 Å². The van der Waals surface area contributed by atoms with Crippen LogP contribution in [-0.2, 0) is 4.79 Å². The van der Waals surface area contributed by atoms with Crippen molar-refractivity contribution in [1.29, 1.82) is 0 Å². The molecule has 1 saturated heterocycles. The van der Waals surface area contributed by atoms with E-state index in [4.69, 9.17) is 0 Å². The van der Waals surface area contributed by atoms with Gasteiger partial charge in [-0.2, -0.15) is 0 Å². The second-order valence-electron chi connectivity index (χ2n) is 5.38. The highest BCUT2D eigenvalue weighted by Crippen LogP contribution is 2.27. The van der Waals surface area contributed by atoms with Crippen molar-refractivity contribution in [3.8, 4) is 0 Å². The van der Waals surface area contributed by atoms with E-state index in [2.05, 4.69) is 6.92 Å². The lowest BCUT2D eigenvalue weighted by atomic mass is 10.0. The summed E-state index contributed by atoms with van der Waals surface area (Å²) >= 11 is 0. The number of carbonyl (C=O) groups excluding carboxylic acids is 1. The number of hydrogen-bond acceptors (Lipinski definition) is 3. The van der Waals surface area contributed by atoms with E-state index in [1.54, 1.807) is 0 Å². The maximum atomic E-state index is 12.5. The Morgan fingerprint density at radius 1 is 1.37 bits per heavy atom. The monoisotopic (exact) mass is 262 g/mol. The van der Waals surface area contributed by atoms with E-state index in [1.165, 1.54) is 5.56 Å². The Bertz CT molecular complexity index is 487. The van der Waals surface area contributed by atoms with Gasteiger partial charge in [0.1, 0.15) is 6.04 Å². The van der Waals surface area contributed by atoms with Crippen molar-refractivity contribution in [2.75, 3.05) is 25.1 Å². The van der Waals surface area contributed by atoms with Crippen LogP contribution in [0.15, 0.2) is 18.2 Å². The van der Waals surface area contributed by atoms with Gasteiger partial charge in [-0.3, -0.25) is 9.69 Å². The maximum absolute atomic E-state index is 12.5. The largest absolute Gasteiger partial charge is 0.394 e. The summed E-state index contributed by atoms with van der Waals surface area (Å²) in [5.41, 5.74) is 3.27. The number of aliphatic hydroxyl groups excluding tert-OH is 1. The lowest BCUT2D eigenvalue weighted by molar-refractivity contribution is -0.128. The van der Waals surface area contributed by atoms with Crippen LogP contribution in [-0.4, -0.2) is 48.2 Å². The van der Waals surface area contributed by atoms with E-state index >= 15 is 0 Å². The van der Waals surface area contributed by atoms with Crippen molar-refractivity contribution >= 4 is 11.6 Å². The van der Waals surface area contributed by atoms with E-state index in [9.17, 15) is 9.90 Å². The van der Waals surface area contributed by atoms with Gasteiger partial charge in [-0.25, -0.2) is 0 Å². The molecule has 2 atom stereocenters. The number of hydrogen-bond donors (Lipinski definition) is 1. The molecule has 4 nitrogen and oxygen atoms in total. The van der Waals surface area contributed by atoms with Crippen LogP contribution in [0, 0.1) is 13.8 Å². The molecule has 0 aromatic heterocycles. The molecule has 1 heterocycles. The molecule has 1 amide bonds. The third-order valence-corrected chi connectivity index (χ3v) is 4.22. The van der Waals surface area contributed by atoms with Gasteiger partial charge in [0.15, 0.2) is 0 Å². The van der Waals surface area contributed by atoms with Crippen LogP contribution >= 0.6 is 0 Å². The molecule has 0 radical (unpaired) electrons. The zero-order chi connectivity index (χ0) is 14.2. The number of benzene rings is 1. The Morgan fingerprint density at radius 3 is 2.68 bits per heavy atom. The highest BCUT2D eigenvalue weighted by molar-refractivity contribution is 5.99. The van der Waals surface area contributed by atoms with Gasteiger partial charge in [-0.15, -0.1) is 0 Å². The Labute approximate surface area is 114 Å². The Balaban J connectivity index is 2.39. The molecule has 0 bridgehead atoms. The summed E-state index contributed by atoms with van der Waals surface area (Å²) in [6, 6.07) is 5.79. The quantitative estimate of drug-likeness (QED) is 0.874. The third kappa shape index (κ3) is 2.38. The number of likely N-dealkylation sites (N-methyl/N-ethyl adjacent to an activating group) is 1. The summed E-state index contributed by atoms with van der Waals surface area (Å²) in [7, 11) is 1.89. The molecule has 1 aliphatic heterocycles. The minimum absolute atomic E-state index is 0.0169. The highest BCUT2D eigenvalue weighted by Gasteiger charge is 2.37. The van der Waals surface area contributed by atoms with Crippen LogP contribution in [0.25, 0.3) is 0 Å². The fourth-order valence-electron chi connectivity index (χ4n) is 2.60. The summed E-state index contributed by atoms with van der Waals surface area (Å²) < 4.78 is 0. The first-order valence-corrected chi connectivity index (χ1v) is 6.67. The third-order valence-electron chi connectivity index (χ3n) is 4.22. The standard InChI is InChI=1S/C15H22N2O2/c1-10-6-5-7-13(12(10)3)17-8-11(2)16(4)14(9-18)15(17)19/h5-7,11,14,18H,8-9H2,1-4H3. The molecule has 1 N–H and O–H groups in total. The Kier molecular flexibility index (Phi) is 3.92. The molecule has 0 aliphatic carbocycles. The van der Waals surface area contributed by atoms with Crippen LogP contribution in [0.5, 0.6) is 0 Å². The molecule has 0 spiro atoms. The zero-order valence-corrected chi connectivity index (χ0v) is 12.1. The first-order valence-electron chi connectivity index (χ1n) is 6.67. The molecule has 1 aromatic carbocycles. The normalized spacial score (nSPS) is 24.9. The number of nitrogens with zero attached hydrogens (tertiary/aromatic N) is 2. The molecule has 1 fully saturated rings.